The number of rotatable bonds is 15. The van der Waals surface area contributed by atoms with Crippen molar-refractivity contribution in [3.05, 3.63) is 29.8 Å². The van der Waals surface area contributed by atoms with E-state index >= 15 is 0 Å². The fraction of sp³-hybridized carbons (Fsp3) is 0.600. The van der Waals surface area contributed by atoms with Gasteiger partial charge in [0, 0.05) is 19.4 Å². The summed E-state index contributed by atoms with van der Waals surface area (Å²) in [5.74, 6) is -1.84. The maximum atomic E-state index is 12.9. The summed E-state index contributed by atoms with van der Waals surface area (Å²) in [6.07, 6.45) is 7.86. The summed E-state index contributed by atoms with van der Waals surface area (Å²) in [6, 6.07) is 4.55. The van der Waals surface area contributed by atoms with Crippen molar-refractivity contribution < 1.29 is 37.4 Å². The lowest BCUT2D eigenvalue weighted by Crippen LogP contribution is -2.52. The Balaban J connectivity index is 1.95. The van der Waals surface area contributed by atoms with Crippen LogP contribution in [-0.4, -0.2) is 75.8 Å². The van der Waals surface area contributed by atoms with Crippen molar-refractivity contribution in [2.24, 2.45) is 5.92 Å². The number of amides is 3. The van der Waals surface area contributed by atoms with Gasteiger partial charge in [-0.2, -0.15) is 4.72 Å². The first-order valence-electron chi connectivity index (χ1n) is 12.6. The number of carbonyl (C=O) groups is 4. The van der Waals surface area contributed by atoms with Gasteiger partial charge in [0.2, 0.25) is 27.7 Å². The van der Waals surface area contributed by atoms with Gasteiger partial charge in [0.25, 0.3) is 0 Å². The molecule has 1 aromatic carbocycles. The molecule has 2 atom stereocenters. The van der Waals surface area contributed by atoms with E-state index in [-0.39, 0.29) is 12.3 Å². The fourth-order valence-corrected chi connectivity index (χ4v) is 4.99. The number of nitrogens with one attached hydrogen (secondary N) is 4. The highest BCUT2D eigenvalue weighted by Gasteiger charge is 2.24. The van der Waals surface area contributed by atoms with Crippen LogP contribution in [-0.2, 0) is 35.6 Å². The summed E-state index contributed by atoms with van der Waals surface area (Å²) in [6.45, 7) is -0.995. The van der Waals surface area contributed by atoms with Gasteiger partial charge in [-0.3, -0.25) is 19.2 Å². The summed E-state index contributed by atoms with van der Waals surface area (Å²) in [5.41, 5.74) is 0.777. The normalized spacial score (nSPS) is 15.6. The molecular weight excluding hydrogens is 516 g/mol. The van der Waals surface area contributed by atoms with Gasteiger partial charge in [0.15, 0.2) is 0 Å². The Morgan fingerprint density at radius 2 is 1.66 bits per heavy atom. The Kier molecular flexibility index (Phi) is 12.5. The van der Waals surface area contributed by atoms with E-state index in [2.05, 4.69) is 16.0 Å². The Morgan fingerprint density at radius 1 is 1.00 bits per heavy atom. The fourth-order valence-electron chi connectivity index (χ4n) is 4.29. The molecule has 0 bridgehead atoms. The number of carboxylic acid groups (broad SMARTS) is 1. The molecule has 12 nitrogen and oxygen atoms in total. The van der Waals surface area contributed by atoms with E-state index in [1.807, 2.05) is 4.72 Å². The number of methoxy groups -OCH3 is 1. The summed E-state index contributed by atoms with van der Waals surface area (Å²) < 4.78 is 29.7. The standard InChI is InChI=1S/C25H38N4O8S/c1-37-19-11-8-18(9-12-19)14-20(28-22(30)13-10-17-6-4-3-5-7-17)24(32)27-16-23(31)26-15-21(25(33)34)29-38(2,35)36/h8-9,11-12,17,20-21,29H,3-7,10,13-16H2,1-2H3,(H,26,31)(H,27,32)(H,28,30)(H,33,34)/t20-,21?/m0/s1. The van der Waals surface area contributed by atoms with Crippen molar-refractivity contribution in [2.45, 2.75) is 63.5 Å². The molecule has 3 amide bonds. The molecule has 0 heterocycles. The number of sulfonamides is 1. The van der Waals surface area contributed by atoms with Crippen LogP contribution in [0.1, 0.15) is 50.5 Å². The van der Waals surface area contributed by atoms with Crippen LogP contribution in [0.2, 0.25) is 0 Å². The summed E-state index contributed by atoms with van der Waals surface area (Å²) in [5, 5.41) is 16.6. The van der Waals surface area contributed by atoms with E-state index in [1.165, 1.54) is 19.3 Å². The lowest BCUT2D eigenvalue weighted by molar-refractivity contribution is -0.139. The van der Waals surface area contributed by atoms with Crippen LogP contribution in [0.3, 0.4) is 0 Å². The highest BCUT2D eigenvalue weighted by molar-refractivity contribution is 7.88. The van der Waals surface area contributed by atoms with Crippen molar-refractivity contribution in [2.75, 3.05) is 26.5 Å². The molecule has 1 aliphatic carbocycles. The number of hydrogen-bond acceptors (Lipinski definition) is 7. The second-order valence-corrected chi connectivity index (χ2v) is 11.3. The molecular formula is C25H38N4O8S. The first kappa shape index (κ1) is 31.0. The molecule has 5 N–H and O–H groups in total. The van der Waals surface area contributed by atoms with Crippen molar-refractivity contribution in [1.29, 1.82) is 0 Å². The molecule has 38 heavy (non-hydrogen) atoms. The minimum atomic E-state index is -3.81. The van der Waals surface area contributed by atoms with E-state index in [9.17, 15) is 27.6 Å². The lowest BCUT2D eigenvalue weighted by Gasteiger charge is -2.22. The van der Waals surface area contributed by atoms with Crippen LogP contribution in [0, 0.1) is 5.92 Å². The quantitative estimate of drug-likeness (QED) is 0.206. The van der Waals surface area contributed by atoms with E-state index in [0.29, 0.717) is 18.1 Å². The van der Waals surface area contributed by atoms with Gasteiger partial charge < -0.3 is 25.8 Å². The summed E-state index contributed by atoms with van der Waals surface area (Å²) >= 11 is 0. The molecule has 212 valence electrons. The molecule has 0 aromatic heterocycles. The van der Waals surface area contributed by atoms with Crippen molar-refractivity contribution in [1.82, 2.24) is 20.7 Å². The van der Waals surface area contributed by atoms with E-state index in [1.54, 1.807) is 31.4 Å². The summed E-state index contributed by atoms with van der Waals surface area (Å²) in [4.78, 5) is 49.0. The van der Waals surface area contributed by atoms with Crippen LogP contribution >= 0.6 is 0 Å². The van der Waals surface area contributed by atoms with Crippen molar-refractivity contribution in [3.8, 4) is 5.75 Å². The SMILES string of the molecule is COc1ccc(C[C@H](NC(=O)CCC2CCCCC2)C(=O)NCC(=O)NCC(NS(C)(=O)=O)C(=O)O)cc1. The molecule has 1 unspecified atom stereocenters. The Morgan fingerprint density at radius 3 is 2.24 bits per heavy atom. The Hall–Kier alpha value is -3.19. The van der Waals surface area contributed by atoms with Gasteiger partial charge in [-0.15, -0.1) is 0 Å². The third-order valence-corrected chi connectivity index (χ3v) is 7.05. The largest absolute Gasteiger partial charge is 0.497 e. The summed E-state index contributed by atoms with van der Waals surface area (Å²) in [7, 11) is -2.27. The molecule has 13 heteroatoms. The van der Waals surface area contributed by atoms with Gasteiger partial charge in [0.05, 0.1) is 19.9 Å². The third kappa shape index (κ3) is 11.9. The number of hydrogen-bond donors (Lipinski definition) is 5. The van der Waals surface area contributed by atoms with E-state index in [4.69, 9.17) is 9.84 Å². The van der Waals surface area contributed by atoms with Crippen molar-refractivity contribution >= 4 is 33.7 Å². The number of carboxylic acids is 1. The van der Waals surface area contributed by atoms with Gasteiger partial charge in [-0.1, -0.05) is 44.2 Å². The Bertz CT molecular complexity index is 1060. The second-order valence-electron chi connectivity index (χ2n) is 9.52. The number of ether oxygens (including phenoxy) is 1. The van der Waals surface area contributed by atoms with Crippen LogP contribution in [0.25, 0.3) is 0 Å². The van der Waals surface area contributed by atoms with Crippen LogP contribution in [0.5, 0.6) is 5.75 Å². The first-order valence-corrected chi connectivity index (χ1v) is 14.5. The molecule has 0 saturated heterocycles. The predicted molar refractivity (Wildman–Crippen MR) is 140 cm³/mol. The molecule has 1 aliphatic rings. The zero-order chi connectivity index (χ0) is 28.1. The molecule has 2 rings (SSSR count). The van der Waals surface area contributed by atoms with Crippen LogP contribution in [0.4, 0.5) is 0 Å². The third-order valence-electron chi connectivity index (χ3n) is 6.34. The topological polar surface area (TPSA) is 180 Å². The minimum Gasteiger partial charge on any atom is -0.497 e. The average Bonchev–Trinajstić information content (AvgIpc) is 2.88. The molecule has 1 saturated carbocycles. The minimum absolute atomic E-state index is 0.186. The number of benzene rings is 1. The van der Waals surface area contributed by atoms with Crippen LogP contribution in [0.15, 0.2) is 24.3 Å². The molecule has 0 spiro atoms. The Labute approximate surface area is 223 Å². The molecule has 1 fully saturated rings. The first-order chi connectivity index (χ1) is 18.0. The average molecular weight is 555 g/mol. The zero-order valence-electron chi connectivity index (χ0n) is 21.8. The highest BCUT2D eigenvalue weighted by Crippen LogP contribution is 2.27. The smallest absolute Gasteiger partial charge is 0.323 e. The lowest BCUT2D eigenvalue weighted by atomic mass is 9.86. The molecule has 0 radical (unpaired) electrons. The monoisotopic (exact) mass is 554 g/mol. The van der Waals surface area contributed by atoms with Crippen molar-refractivity contribution in [3.63, 3.8) is 0 Å². The number of carbonyl (C=O) groups excluding carboxylic acids is 3. The molecule has 0 aliphatic heterocycles. The van der Waals surface area contributed by atoms with E-state index in [0.717, 1.165) is 31.1 Å². The van der Waals surface area contributed by atoms with Gasteiger partial charge in [-0.25, -0.2) is 8.42 Å². The number of aliphatic carboxylic acids is 1. The zero-order valence-corrected chi connectivity index (χ0v) is 22.6. The maximum absolute atomic E-state index is 12.9. The molecule has 1 aromatic rings. The second kappa shape index (κ2) is 15.3. The highest BCUT2D eigenvalue weighted by atomic mass is 32.2. The van der Waals surface area contributed by atoms with E-state index < -0.39 is 53.0 Å². The predicted octanol–water partition coefficient (Wildman–Crippen LogP) is 0.318. The van der Waals surface area contributed by atoms with Gasteiger partial charge in [0.1, 0.15) is 17.8 Å². The van der Waals surface area contributed by atoms with Gasteiger partial charge in [-0.05, 0) is 30.0 Å². The van der Waals surface area contributed by atoms with Gasteiger partial charge >= 0.3 is 5.97 Å². The maximum Gasteiger partial charge on any atom is 0.323 e. The van der Waals surface area contributed by atoms with Crippen LogP contribution < -0.4 is 25.4 Å².